The van der Waals surface area contributed by atoms with Gasteiger partial charge in [-0.3, -0.25) is 9.80 Å². The first kappa shape index (κ1) is 17.9. The molecule has 1 aromatic carbocycles. The fourth-order valence-electron chi connectivity index (χ4n) is 3.61. The van der Waals surface area contributed by atoms with E-state index in [-0.39, 0.29) is 6.04 Å². The smallest absolute Gasteiger partial charge is 0.241 e. The Labute approximate surface area is 157 Å². The minimum Gasteiger partial charge on any atom is -0.338 e. The molecule has 140 valence electrons. The molecule has 2 saturated heterocycles. The molecule has 0 N–H and O–H groups in total. The standard InChI is InChI=1S/C17H21ClN4O3S/c18-14-3-1-2-13(10-14)17-19-16(25-20-17)11-21-5-7-22(8-6-21)15-4-9-26(23,24)12-15/h1-3,10,15H,4-9,11-12H2/t15-/m1/s1. The first-order chi connectivity index (χ1) is 12.5. The van der Waals surface area contributed by atoms with Gasteiger partial charge in [-0.25, -0.2) is 8.42 Å². The number of benzene rings is 1. The Kier molecular flexibility index (Phi) is 5.00. The fourth-order valence-corrected chi connectivity index (χ4v) is 5.56. The van der Waals surface area contributed by atoms with Gasteiger partial charge in [0.1, 0.15) is 0 Å². The van der Waals surface area contributed by atoms with Crippen molar-refractivity contribution >= 4 is 21.4 Å². The van der Waals surface area contributed by atoms with Crippen LogP contribution in [-0.4, -0.2) is 72.1 Å². The van der Waals surface area contributed by atoms with Gasteiger partial charge in [0.05, 0.1) is 18.1 Å². The monoisotopic (exact) mass is 396 g/mol. The number of rotatable bonds is 4. The summed E-state index contributed by atoms with van der Waals surface area (Å²) in [6.45, 7) is 4.08. The van der Waals surface area contributed by atoms with Crippen LogP contribution in [0, 0.1) is 0 Å². The van der Waals surface area contributed by atoms with Gasteiger partial charge >= 0.3 is 0 Å². The molecule has 0 aliphatic carbocycles. The zero-order valence-electron chi connectivity index (χ0n) is 14.3. The topological polar surface area (TPSA) is 79.5 Å². The van der Waals surface area contributed by atoms with Crippen LogP contribution in [-0.2, 0) is 16.4 Å². The van der Waals surface area contributed by atoms with E-state index in [2.05, 4.69) is 19.9 Å². The van der Waals surface area contributed by atoms with E-state index in [9.17, 15) is 8.42 Å². The number of hydrogen-bond donors (Lipinski definition) is 0. The highest BCUT2D eigenvalue weighted by molar-refractivity contribution is 7.91. The van der Waals surface area contributed by atoms with Crippen LogP contribution >= 0.6 is 11.6 Å². The summed E-state index contributed by atoms with van der Waals surface area (Å²) in [6.07, 6.45) is 0.759. The summed E-state index contributed by atoms with van der Waals surface area (Å²) in [7, 11) is -2.83. The zero-order valence-corrected chi connectivity index (χ0v) is 15.9. The Morgan fingerprint density at radius 1 is 1.23 bits per heavy atom. The molecule has 2 aliphatic heterocycles. The van der Waals surface area contributed by atoms with Crippen LogP contribution in [0.3, 0.4) is 0 Å². The Hall–Kier alpha value is -1.48. The quantitative estimate of drug-likeness (QED) is 0.778. The van der Waals surface area contributed by atoms with Gasteiger partial charge in [0.25, 0.3) is 0 Å². The van der Waals surface area contributed by atoms with Gasteiger partial charge in [0.15, 0.2) is 9.84 Å². The lowest BCUT2D eigenvalue weighted by Gasteiger charge is -2.37. The molecule has 9 heteroatoms. The second kappa shape index (κ2) is 7.26. The molecule has 2 aromatic rings. The van der Waals surface area contributed by atoms with Crippen molar-refractivity contribution in [2.24, 2.45) is 0 Å². The molecule has 3 heterocycles. The van der Waals surface area contributed by atoms with E-state index in [0.29, 0.717) is 34.8 Å². The average molecular weight is 397 g/mol. The molecule has 0 unspecified atom stereocenters. The van der Waals surface area contributed by atoms with Gasteiger partial charge in [0, 0.05) is 42.8 Å². The van der Waals surface area contributed by atoms with Gasteiger partial charge < -0.3 is 4.52 Å². The van der Waals surface area contributed by atoms with Crippen molar-refractivity contribution in [3.63, 3.8) is 0 Å². The molecule has 1 atom stereocenters. The largest absolute Gasteiger partial charge is 0.338 e. The predicted octanol–water partition coefficient (Wildman–Crippen LogP) is 1.69. The molecule has 7 nitrogen and oxygen atoms in total. The van der Waals surface area contributed by atoms with Crippen LogP contribution in [0.5, 0.6) is 0 Å². The minimum absolute atomic E-state index is 0.181. The summed E-state index contributed by atoms with van der Waals surface area (Å²) in [5, 5.41) is 4.68. The van der Waals surface area contributed by atoms with Crippen molar-refractivity contribution in [2.45, 2.75) is 19.0 Å². The summed E-state index contributed by atoms with van der Waals surface area (Å²) in [5.41, 5.74) is 0.833. The molecule has 1 aromatic heterocycles. The molecule has 4 rings (SSSR count). The van der Waals surface area contributed by atoms with Crippen LogP contribution in [0.4, 0.5) is 0 Å². The number of piperazine rings is 1. The third kappa shape index (κ3) is 4.09. The fraction of sp³-hybridized carbons (Fsp3) is 0.529. The molecule has 0 bridgehead atoms. The molecule has 2 fully saturated rings. The highest BCUT2D eigenvalue weighted by Crippen LogP contribution is 2.22. The molecule has 2 aliphatic rings. The van der Waals surface area contributed by atoms with Gasteiger partial charge in [-0.05, 0) is 18.6 Å². The van der Waals surface area contributed by atoms with E-state index in [4.69, 9.17) is 16.1 Å². The number of sulfone groups is 1. The first-order valence-corrected chi connectivity index (χ1v) is 10.9. The SMILES string of the molecule is O=S1(=O)CC[C@@H](N2CCN(Cc3nc(-c4cccc(Cl)c4)no3)CC2)C1. The molecule has 0 amide bonds. The zero-order chi connectivity index (χ0) is 18.1. The van der Waals surface area contributed by atoms with Crippen molar-refractivity contribution in [3.8, 4) is 11.4 Å². The maximum Gasteiger partial charge on any atom is 0.241 e. The van der Waals surface area contributed by atoms with Crippen molar-refractivity contribution < 1.29 is 12.9 Å². The lowest BCUT2D eigenvalue weighted by atomic mass is 10.2. The summed E-state index contributed by atoms with van der Waals surface area (Å²) >= 11 is 6.01. The van der Waals surface area contributed by atoms with Crippen molar-refractivity contribution in [3.05, 3.63) is 35.2 Å². The third-order valence-corrected chi connectivity index (χ3v) is 7.03. The van der Waals surface area contributed by atoms with Crippen molar-refractivity contribution in [1.82, 2.24) is 19.9 Å². The lowest BCUT2D eigenvalue weighted by molar-refractivity contribution is 0.0926. The lowest BCUT2D eigenvalue weighted by Crippen LogP contribution is -2.50. The maximum atomic E-state index is 11.7. The van der Waals surface area contributed by atoms with E-state index >= 15 is 0 Å². The average Bonchev–Trinajstić information content (AvgIpc) is 3.22. The first-order valence-electron chi connectivity index (χ1n) is 8.74. The third-order valence-electron chi connectivity index (χ3n) is 5.04. The van der Waals surface area contributed by atoms with Crippen LogP contribution in [0.25, 0.3) is 11.4 Å². The second-order valence-electron chi connectivity index (χ2n) is 6.89. The predicted molar refractivity (Wildman–Crippen MR) is 98.7 cm³/mol. The number of hydrogen-bond acceptors (Lipinski definition) is 7. The Morgan fingerprint density at radius 3 is 2.73 bits per heavy atom. The van der Waals surface area contributed by atoms with E-state index in [1.54, 1.807) is 6.07 Å². The van der Waals surface area contributed by atoms with Gasteiger partial charge in [-0.2, -0.15) is 4.98 Å². The second-order valence-corrected chi connectivity index (χ2v) is 9.56. The molecule has 0 radical (unpaired) electrons. The summed E-state index contributed by atoms with van der Waals surface area (Å²) in [5.74, 6) is 1.75. The number of nitrogens with zero attached hydrogens (tertiary/aromatic N) is 4. The summed E-state index contributed by atoms with van der Waals surface area (Å²) in [6, 6.07) is 7.55. The van der Waals surface area contributed by atoms with E-state index in [0.717, 1.165) is 38.2 Å². The van der Waals surface area contributed by atoms with E-state index < -0.39 is 9.84 Å². The number of aromatic nitrogens is 2. The highest BCUT2D eigenvalue weighted by atomic mass is 35.5. The number of halogens is 1. The van der Waals surface area contributed by atoms with Crippen molar-refractivity contribution in [1.29, 1.82) is 0 Å². The van der Waals surface area contributed by atoms with Crippen LogP contribution < -0.4 is 0 Å². The van der Waals surface area contributed by atoms with Crippen LogP contribution in [0.2, 0.25) is 5.02 Å². The molecule has 0 saturated carbocycles. The van der Waals surface area contributed by atoms with Gasteiger partial charge in [-0.15, -0.1) is 0 Å². The molecule has 0 spiro atoms. The molecular weight excluding hydrogens is 376 g/mol. The van der Waals surface area contributed by atoms with Crippen molar-refractivity contribution in [2.75, 3.05) is 37.7 Å². The van der Waals surface area contributed by atoms with E-state index in [1.165, 1.54) is 0 Å². The molecular formula is C17H21ClN4O3S. The highest BCUT2D eigenvalue weighted by Gasteiger charge is 2.33. The van der Waals surface area contributed by atoms with Crippen LogP contribution in [0.15, 0.2) is 28.8 Å². The Bertz CT molecular complexity index is 878. The maximum absolute atomic E-state index is 11.7. The van der Waals surface area contributed by atoms with Gasteiger partial charge in [0.2, 0.25) is 11.7 Å². The normalized spacial score (nSPS) is 24.1. The Morgan fingerprint density at radius 2 is 2.04 bits per heavy atom. The molecule has 26 heavy (non-hydrogen) atoms. The van der Waals surface area contributed by atoms with Gasteiger partial charge in [-0.1, -0.05) is 28.9 Å². The minimum atomic E-state index is -2.83. The van der Waals surface area contributed by atoms with Crippen LogP contribution in [0.1, 0.15) is 12.3 Å². The Balaban J connectivity index is 1.32. The van der Waals surface area contributed by atoms with E-state index in [1.807, 2.05) is 18.2 Å². The summed E-state index contributed by atoms with van der Waals surface area (Å²) in [4.78, 5) is 9.02. The summed E-state index contributed by atoms with van der Waals surface area (Å²) < 4.78 is 28.7.